The minimum atomic E-state index is -0.662. The molecule has 0 fully saturated rings. The molecule has 6 heteroatoms. The van der Waals surface area contributed by atoms with Gasteiger partial charge in [0.15, 0.2) is 5.82 Å². The molecule has 0 bridgehead atoms. The first-order valence-corrected chi connectivity index (χ1v) is 8.11. The van der Waals surface area contributed by atoms with E-state index in [1.165, 1.54) is 12.0 Å². The third-order valence-electron chi connectivity index (χ3n) is 3.95. The molecule has 1 aromatic heterocycles. The van der Waals surface area contributed by atoms with E-state index in [2.05, 4.69) is 40.8 Å². The molecule has 130 valence electrons. The Morgan fingerprint density at radius 1 is 1.29 bits per heavy atom. The Morgan fingerprint density at radius 3 is 2.50 bits per heavy atom. The first-order chi connectivity index (χ1) is 11.3. The Morgan fingerprint density at radius 2 is 1.96 bits per heavy atom. The molecular formula is C18H25N3O3. The number of nitrogens with zero attached hydrogens (tertiary/aromatic N) is 2. The summed E-state index contributed by atoms with van der Waals surface area (Å²) in [6.07, 6.45) is 1.15. The standard InChI is InChI=1S/C18H25N3O3/c1-12(17-19-11-24-21-17)20-16(23)10-9-15(22)13-5-7-14(8-6-13)18(2,3)4/h5-8,11-12,15,22H,9-10H2,1-4H3,(H,20,23)/t12-,15-/m0/s1. The molecule has 0 aliphatic heterocycles. The highest BCUT2D eigenvalue weighted by molar-refractivity contribution is 5.76. The van der Waals surface area contributed by atoms with Gasteiger partial charge in [-0.05, 0) is 29.9 Å². The van der Waals surface area contributed by atoms with Gasteiger partial charge >= 0.3 is 0 Å². The SMILES string of the molecule is C[C@H](NC(=O)CC[C@H](O)c1ccc(C(C)(C)C)cc1)c1ncon1. The van der Waals surface area contributed by atoms with Gasteiger partial charge in [0, 0.05) is 6.42 Å². The molecule has 0 unspecified atom stereocenters. The molecule has 2 atom stereocenters. The number of hydrogen-bond donors (Lipinski definition) is 2. The molecule has 0 aliphatic rings. The first kappa shape index (κ1) is 18.1. The van der Waals surface area contributed by atoms with Crippen LogP contribution < -0.4 is 5.32 Å². The van der Waals surface area contributed by atoms with E-state index in [0.29, 0.717) is 12.2 Å². The predicted molar refractivity (Wildman–Crippen MR) is 90.2 cm³/mol. The lowest BCUT2D eigenvalue weighted by Crippen LogP contribution is -2.27. The normalized spacial score (nSPS) is 14.2. The summed E-state index contributed by atoms with van der Waals surface area (Å²) in [4.78, 5) is 15.9. The van der Waals surface area contributed by atoms with Crippen molar-refractivity contribution in [2.75, 3.05) is 0 Å². The van der Waals surface area contributed by atoms with Crippen molar-refractivity contribution in [3.8, 4) is 0 Å². The highest BCUT2D eigenvalue weighted by Gasteiger charge is 2.17. The minimum Gasteiger partial charge on any atom is -0.388 e. The fourth-order valence-electron chi connectivity index (χ4n) is 2.39. The van der Waals surface area contributed by atoms with Crippen molar-refractivity contribution in [2.24, 2.45) is 0 Å². The van der Waals surface area contributed by atoms with Gasteiger partial charge in [-0.1, -0.05) is 50.2 Å². The zero-order chi connectivity index (χ0) is 17.7. The second kappa shape index (κ2) is 7.57. The van der Waals surface area contributed by atoms with Crippen molar-refractivity contribution in [1.29, 1.82) is 0 Å². The van der Waals surface area contributed by atoms with Gasteiger partial charge in [0.05, 0.1) is 12.1 Å². The summed E-state index contributed by atoms with van der Waals surface area (Å²) < 4.78 is 4.65. The summed E-state index contributed by atoms with van der Waals surface area (Å²) >= 11 is 0. The van der Waals surface area contributed by atoms with Crippen LogP contribution in [0.15, 0.2) is 35.2 Å². The van der Waals surface area contributed by atoms with Crippen LogP contribution in [0.1, 0.15) is 69.6 Å². The minimum absolute atomic E-state index is 0.0780. The van der Waals surface area contributed by atoms with Crippen LogP contribution >= 0.6 is 0 Å². The number of aromatic nitrogens is 2. The molecule has 0 saturated heterocycles. The van der Waals surface area contributed by atoms with E-state index in [0.717, 1.165) is 5.56 Å². The molecule has 2 aromatic rings. The molecule has 0 saturated carbocycles. The van der Waals surface area contributed by atoms with Crippen molar-refractivity contribution in [3.63, 3.8) is 0 Å². The van der Waals surface area contributed by atoms with Crippen molar-refractivity contribution in [1.82, 2.24) is 15.5 Å². The summed E-state index contributed by atoms with van der Waals surface area (Å²) in [6, 6.07) is 7.57. The van der Waals surface area contributed by atoms with E-state index in [1.54, 1.807) is 6.92 Å². The monoisotopic (exact) mass is 331 g/mol. The van der Waals surface area contributed by atoms with Crippen LogP contribution in [-0.4, -0.2) is 21.2 Å². The highest BCUT2D eigenvalue weighted by atomic mass is 16.5. The topological polar surface area (TPSA) is 88.2 Å². The van der Waals surface area contributed by atoms with Crippen molar-refractivity contribution in [2.45, 2.75) is 58.1 Å². The average Bonchev–Trinajstić information content (AvgIpc) is 3.06. The van der Waals surface area contributed by atoms with Gasteiger partial charge in [0.1, 0.15) is 0 Å². The summed E-state index contributed by atoms with van der Waals surface area (Å²) in [5.74, 6) is 0.277. The van der Waals surface area contributed by atoms with E-state index in [9.17, 15) is 9.90 Å². The third kappa shape index (κ3) is 4.89. The Labute approximate surface area is 142 Å². The van der Waals surface area contributed by atoms with E-state index >= 15 is 0 Å². The van der Waals surface area contributed by atoms with Gasteiger partial charge in [-0.3, -0.25) is 4.79 Å². The summed E-state index contributed by atoms with van der Waals surface area (Å²) in [6.45, 7) is 8.22. The van der Waals surface area contributed by atoms with Gasteiger partial charge < -0.3 is 14.9 Å². The van der Waals surface area contributed by atoms with Crippen LogP contribution in [0.5, 0.6) is 0 Å². The lowest BCUT2D eigenvalue weighted by molar-refractivity contribution is -0.122. The molecule has 6 nitrogen and oxygen atoms in total. The maximum Gasteiger partial charge on any atom is 0.220 e. The fraction of sp³-hybridized carbons (Fsp3) is 0.500. The number of aliphatic hydroxyl groups is 1. The first-order valence-electron chi connectivity index (χ1n) is 8.11. The molecule has 0 aliphatic carbocycles. The lowest BCUT2D eigenvalue weighted by Gasteiger charge is -2.20. The average molecular weight is 331 g/mol. The maximum absolute atomic E-state index is 12.0. The molecule has 1 heterocycles. The van der Waals surface area contributed by atoms with Crippen LogP contribution in [-0.2, 0) is 10.2 Å². The fourth-order valence-corrected chi connectivity index (χ4v) is 2.39. The predicted octanol–water partition coefficient (Wildman–Crippen LogP) is 3.06. The van der Waals surface area contributed by atoms with Gasteiger partial charge in [-0.15, -0.1) is 0 Å². The number of aliphatic hydroxyl groups excluding tert-OH is 1. The smallest absolute Gasteiger partial charge is 0.220 e. The number of carbonyl (C=O) groups excluding carboxylic acids is 1. The number of hydrogen-bond acceptors (Lipinski definition) is 5. The number of rotatable bonds is 6. The Balaban J connectivity index is 1.84. The van der Waals surface area contributed by atoms with Crippen LogP contribution in [0.4, 0.5) is 0 Å². The maximum atomic E-state index is 12.0. The highest BCUT2D eigenvalue weighted by Crippen LogP contribution is 2.25. The molecule has 0 radical (unpaired) electrons. The molecule has 24 heavy (non-hydrogen) atoms. The van der Waals surface area contributed by atoms with Crippen LogP contribution in [0.2, 0.25) is 0 Å². The Hall–Kier alpha value is -2.21. The third-order valence-corrected chi connectivity index (χ3v) is 3.95. The second-order valence-corrected chi connectivity index (χ2v) is 7.01. The molecule has 2 rings (SSSR count). The number of amides is 1. The zero-order valence-corrected chi connectivity index (χ0v) is 14.6. The molecule has 2 N–H and O–H groups in total. The molecule has 0 spiro atoms. The van der Waals surface area contributed by atoms with Crippen LogP contribution in [0, 0.1) is 0 Å². The lowest BCUT2D eigenvalue weighted by atomic mass is 9.86. The van der Waals surface area contributed by atoms with Gasteiger partial charge in [-0.2, -0.15) is 4.98 Å². The quantitative estimate of drug-likeness (QED) is 0.849. The van der Waals surface area contributed by atoms with E-state index in [1.807, 2.05) is 24.3 Å². The Kier molecular flexibility index (Phi) is 5.72. The van der Waals surface area contributed by atoms with Crippen molar-refractivity contribution in [3.05, 3.63) is 47.6 Å². The van der Waals surface area contributed by atoms with E-state index in [-0.39, 0.29) is 23.8 Å². The molecule has 1 aromatic carbocycles. The van der Waals surface area contributed by atoms with Crippen LogP contribution in [0.3, 0.4) is 0 Å². The summed E-state index contributed by atoms with van der Waals surface area (Å²) in [7, 11) is 0. The largest absolute Gasteiger partial charge is 0.388 e. The number of carbonyl (C=O) groups is 1. The summed E-state index contributed by atoms with van der Waals surface area (Å²) in [5.41, 5.74) is 2.11. The second-order valence-electron chi connectivity index (χ2n) is 7.01. The Bertz CT molecular complexity index is 645. The van der Waals surface area contributed by atoms with Crippen molar-refractivity contribution < 1.29 is 14.4 Å². The van der Waals surface area contributed by atoms with E-state index in [4.69, 9.17) is 0 Å². The molecule has 1 amide bonds. The number of nitrogens with one attached hydrogen (secondary N) is 1. The van der Waals surface area contributed by atoms with Crippen molar-refractivity contribution >= 4 is 5.91 Å². The molecular weight excluding hydrogens is 306 g/mol. The van der Waals surface area contributed by atoms with Gasteiger partial charge in [0.2, 0.25) is 12.3 Å². The van der Waals surface area contributed by atoms with E-state index < -0.39 is 6.10 Å². The number of benzene rings is 1. The van der Waals surface area contributed by atoms with Gasteiger partial charge in [0.25, 0.3) is 0 Å². The van der Waals surface area contributed by atoms with Gasteiger partial charge in [-0.25, -0.2) is 0 Å². The summed E-state index contributed by atoms with van der Waals surface area (Å²) in [5, 5.41) is 16.7. The van der Waals surface area contributed by atoms with Crippen LogP contribution in [0.25, 0.3) is 0 Å². The zero-order valence-electron chi connectivity index (χ0n) is 14.6.